The number of carbonyl (C=O) groups is 1. The van der Waals surface area contributed by atoms with Crippen LogP contribution in [0.15, 0.2) is 24.3 Å². The summed E-state index contributed by atoms with van der Waals surface area (Å²) < 4.78 is 5.55. The van der Waals surface area contributed by atoms with Crippen molar-refractivity contribution in [3.05, 3.63) is 24.3 Å². The highest BCUT2D eigenvalue weighted by atomic mass is 16.5. The maximum atomic E-state index is 12.5. The fourth-order valence-electron chi connectivity index (χ4n) is 2.83. The SMILES string of the molecule is CCOc1ccccc1NC(=O)[C@H](C)N1CCC[C@H](C)C1. The van der Waals surface area contributed by atoms with E-state index in [0.717, 1.165) is 24.5 Å². The number of piperidine rings is 1. The fourth-order valence-corrected chi connectivity index (χ4v) is 2.83. The number of carbonyl (C=O) groups excluding carboxylic acids is 1. The molecule has 116 valence electrons. The van der Waals surface area contributed by atoms with Gasteiger partial charge in [0.05, 0.1) is 18.3 Å². The molecule has 4 nitrogen and oxygen atoms in total. The van der Waals surface area contributed by atoms with Gasteiger partial charge >= 0.3 is 0 Å². The van der Waals surface area contributed by atoms with Gasteiger partial charge in [-0.1, -0.05) is 19.1 Å². The minimum Gasteiger partial charge on any atom is -0.492 e. The molecule has 2 rings (SSSR count). The number of rotatable bonds is 5. The van der Waals surface area contributed by atoms with Crippen LogP contribution in [0, 0.1) is 5.92 Å². The third-order valence-corrected chi connectivity index (χ3v) is 4.06. The van der Waals surface area contributed by atoms with Gasteiger partial charge in [0, 0.05) is 6.54 Å². The van der Waals surface area contributed by atoms with Crippen LogP contribution in [-0.4, -0.2) is 36.5 Å². The third kappa shape index (κ3) is 4.21. The van der Waals surface area contributed by atoms with Crippen molar-refractivity contribution in [3.8, 4) is 5.75 Å². The van der Waals surface area contributed by atoms with E-state index in [1.807, 2.05) is 38.1 Å². The summed E-state index contributed by atoms with van der Waals surface area (Å²) in [6.07, 6.45) is 2.44. The van der Waals surface area contributed by atoms with Crippen LogP contribution in [0.3, 0.4) is 0 Å². The Morgan fingerprint density at radius 3 is 2.95 bits per heavy atom. The molecule has 0 saturated carbocycles. The summed E-state index contributed by atoms with van der Waals surface area (Å²) in [7, 11) is 0. The van der Waals surface area contributed by atoms with Crippen LogP contribution in [0.2, 0.25) is 0 Å². The van der Waals surface area contributed by atoms with Crippen LogP contribution in [0.4, 0.5) is 5.69 Å². The first kappa shape index (κ1) is 15.8. The normalized spacial score (nSPS) is 20.8. The van der Waals surface area contributed by atoms with Gasteiger partial charge in [0.2, 0.25) is 5.91 Å². The Labute approximate surface area is 127 Å². The second-order valence-electron chi connectivity index (χ2n) is 5.84. The fraction of sp³-hybridized carbons (Fsp3) is 0.588. The van der Waals surface area contributed by atoms with Gasteiger partial charge in [-0.2, -0.15) is 0 Å². The minimum absolute atomic E-state index is 0.0382. The van der Waals surface area contributed by atoms with Gasteiger partial charge in [0.1, 0.15) is 5.75 Å². The lowest BCUT2D eigenvalue weighted by Crippen LogP contribution is -2.46. The molecule has 0 aliphatic carbocycles. The number of nitrogens with one attached hydrogen (secondary N) is 1. The molecule has 1 aliphatic heterocycles. The first-order chi connectivity index (χ1) is 10.1. The monoisotopic (exact) mass is 290 g/mol. The Kier molecular flexibility index (Phi) is 5.62. The first-order valence-electron chi connectivity index (χ1n) is 7.88. The number of ether oxygens (including phenoxy) is 1. The van der Waals surface area contributed by atoms with Crippen LogP contribution in [0.1, 0.15) is 33.6 Å². The Bertz CT molecular complexity index is 476. The molecule has 0 aromatic heterocycles. The highest BCUT2D eigenvalue weighted by molar-refractivity contribution is 5.95. The van der Waals surface area contributed by atoms with Crippen LogP contribution < -0.4 is 10.1 Å². The molecule has 21 heavy (non-hydrogen) atoms. The summed E-state index contributed by atoms with van der Waals surface area (Å²) in [4.78, 5) is 14.7. The number of likely N-dealkylation sites (tertiary alicyclic amines) is 1. The molecule has 2 atom stereocenters. The van der Waals surface area contributed by atoms with Crippen LogP contribution in [0.25, 0.3) is 0 Å². The molecule has 1 amide bonds. The zero-order valence-corrected chi connectivity index (χ0v) is 13.3. The van der Waals surface area contributed by atoms with E-state index < -0.39 is 0 Å². The zero-order valence-electron chi connectivity index (χ0n) is 13.3. The Hall–Kier alpha value is -1.55. The van der Waals surface area contributed by atoms with E-state index in [1.54, 1.807) is 0 Å². The molecule has 1 aromatic carbocycles. The molecule has 0 bridgehead atoms. The molecule has 0 radical (unpaired) electrons. The quantitative estimate of drug-likeness (QED) is 0.906. The number of anilines is 1. The van der Waals surface area contributed by atoms with E-state index >= 15 is 0 Å². The molecule has 1 N–H and O–H groups in total. The summed E-state index contributed by atoms with van der Waals surface area (Å²) in [6.45, 7) is 8.77. The number of hydrogen-bond donors (Lipinski definition) is 1. The van der Waals surface area contributed by atoms with Crippen molar-refractivity contribution in [1.82, 2.24) is 4.90 Å². The van der Waals surface area contributed by atoms with Gasteiger partial charge in [-0.15, -0.1) is 0 Å². The second-order valence-corrected chi connectivity index (χ2v) is 5.84. The van der Waals surface area contributed by atoms with Crippen molar-refractivity contribution >= 4 is 11.6 Å². The summed E-state index contributed by atoms with van der Waals surface area (Å²) in [5.41, 5.74) is 0.751. The summed E-state index contributed by atoms with van der Waals surface area (Å²) >= 11 is 0. The van der Waals surface area contributed by atoms with E-state index in [0.29, 0.717) is 12.5 Å². The first-order valence-corrected chi connectivity index (χ1v) is 7.88. The maximum Gasteiger partial charge on any atom is 0.241 e. The second kappa shape index (κ2) is 7.46. The van der Waals surface area contributed by atoms with Gasteiger partial charge in [-0.25, -0.2) is 0 Å². The van der Waals surface area contributed by atoms with Crippen LogP contribution >= 0.6 is 0 Å². The number of amides is 1. The van der Waals surface area contributed by atoms with Crippen molar-refractivity contribution in [1.29, 1.82) is 0 Å². The molecule has 1 aromatic rings. The van der Waals surface area contributed by atoms with E-state index in [-0.39, 0.29) is 11.9 Å². The largest absolute Gasteiger partial charge is 0.492 e. The average molecular weight is 290 g/mol. The van der Waals surface area contributed by atoms with Gasteiger partial charge < -0.3 is 10.1 Å². The standard InChI is InChI=1S/C17H26N2O2/c1-4-21-16-10-6-5-9-15(16)18-17(20)14(3)19-11-7-8-13(2)12-19/h5-6,9-10,13-14H,4,7-8,11-12H2,1-3H3,(H,18,20)/t13-,14-/m0/s1. The molecule has 0 unspecified atom stereocenters. The smallest absolute Gasteiger partial charge is 0.241 e. The maximum absolute atomic E-state index is 12.5. The predicted octanol–water partition coefficient (Wildman–Crippen LogP) is 3.14. The highest BCUT2D eigenvalue weighted by Crippen LogP contribution is 2.24. The predicted molar refractivity (Wildman–Crippen MR) is 85.7 cm³/mol. The Morgan fingerprint density at radius 1 is 1.48 bits per heavy atom. The van der Waals surface area contributed by atoms with Crippen LogP contribution in [0.5, 0.6) is 5.75 Å². The number of benzene rings is 1. The summed E-state index contributed by atoms with van der Waals surface area (Å²) in [5.74, 6) is 1.44. The molecule has 1 aliphatic rings. The van der Waals surface area contributed by atoms with E-state index in [1.165, 1.54) is 12.8 Å². The molecule has 1 heterocycles. The molecular formula is C17H26N2O2. The molecular weight excluding hydrogens is 264 g/mol. The number of para-hydroxylation sites is 2. The van der Waals surface area contributed by atoms with E-state index in [4.69, 9.17) is 4.74 Å². The van der Waals surface area contributed by atoms with E-state index in [2.05, 4.69) is 17.1 Å². The van der Waals surface area contributed by atoms with E-state index in [9.17, 15) is 4.79 Å². The van der Waals surface area contributed by atoms with Gasteiger partial charge in [-0.05, 0) is 51.3 Å². The average Bonchev–Trinajstić information content (AvgIpc) is 2.48. The van der Waals surface area contributed by atoms with Gasteiger partial charge in [-0.3, -0.25) is 9.69 Å². The summed E-state index contributed by atoms with van der Waals surface area (Å²) in [6, 6.07) is 7.48. The molecule has 0 spiro atoms. The lowest BCUT2D eigenvalue weighted by atomic mass is 9.99. The van der Waals surface area contributed by atoms with Crippen molar-refractivity contribution in [2.24, 2.45) is 5.92 Å². The van der Waals surface area contributed by atoms with Crippen LogP contribution in [-0.2, 0) is 4.79 Å². The lowest BCUT2D eigenvalue weighted by Gasteiger charge is -2.34. The van der Waals surface area contributed by atoms with Gasteiger partial charge in [0.15, 0.2) is 0 Å². The molecule has 1 saturated heterocycles. The lowest BCUT2D eigenvalue weighted by molar-refractivity contribution is -0.121. The van der Waals surface area contributed by atoms with Crippen molar-refractivity contribution in [3.63, 3.8) is 0 Å². The van der Waals surface area contributed by atoms with Crippen molar-refractivity contribution in [2.75, 3.05) is 25.0 Å². The minimum atomic E-state index is -0.109. The Balaban J connectivity index is 2.00. The molecule has 1 fully saturated rings. The zero-order chi connectivity index (χ0) is 15.2. The summed E-state index contributed by atoms with van der Waals surface area (Å²) in [5, 5.41) is 3.00. The van der Waals surface area contributed by atoms with Crippen molar-refractivity contribution in [2.45, 2.75) is 39.7 Å². The number of hydrogen-bond acceptors (Lipinski definition) is 3. The highest BCUT2D eigenvalue weighted by Gasteiger charge is 2.26. The third-order valence-electron chi connectivity index (χ3n) is 4.06. The topological polar surface area (TPSA) is 41.6 Å². The van der Waals surface area contributed by atoms with Crippen molar-refractivity contribution < 1.29 is 9.53 Å². The number of nitrogens with zero attached hydrogens (tertiary/aromatic N) is 1. The molecule has 4 heteroatoms. The van der Waals surface area contributed by atoms with Gasteiger partial charge in [0.25, 0.3) is 0 Å². The Morgan fingerprint density at radius 2 is 2.24 bits per heavy atom.